The van der Waals surface area contributed by atoms with Crippen LogP contribution in [0.25, 0.3) is 0 Å². The van der Waals surface area contributed by atoms with Gasteiger partial charge in [-0.05, 0) is 37.2 Å². The molecule has 0 aromatic carbocycles. The van der Waals surface area contributed by atoms with E-state index in [0.717, 1.165) is 29.7 Å². The van der Waals surface area contributed by atoms with Gasteiger partial charge >= 0.3 is 5.97 Å². The maximum Gasteiger partial charge on any atom is 0.339 e. The number of hydrogen-bond donors (Lipinski definition) is 2. The van der Waals surface area contributed by atoms with Crippen LogP contribution in [0.5, 0.6) is 0 Å². The Labute approximate surface area is 155 Å². The first-order chi connectivity index (χ1) is 12.3. The van der Waals surface area contributed by atoms with Crippen LogP contribution < -0.4 is 5.32 Å². The van der Waals surface area contributed by atoms with E-state index >= 15 is 0 Å². The molecular formula is C19H23NO5S. The van der Waals surface area contributed by atoms with E-state index in [0.29, 0.717) is 37.2 Å². The molecule has 4 atom stereocenters. The summed E-state index contributed by atoms with van der Waals surface area (Å²) in [6.07, 6.45) is 3.45. The Morgan fingerprint density at radius 2 is 2.15 bits per heavy atom. The molecule has 1 saturated heterocycles. The molecule has 2 aliphatic heterocycles. The van der Waals surface area contributed by atoms with Crippen LogP contribution in [0.3, 0.4) is 0 Å². The van der Waals surface area contributed by atoms with Gasteiger partial charge in [-0.3, -0.25) is 4.79 Å². The number of anilines is 1. The SMILES string of the molecule is C[C@]12CC[C@@H]3C[C@@]1(C(=O)Nc1sc4c(c1C(=O)O)CCOC4)OC[C@@]32C. The van der Waals surface area contributed by atoms with E-state index in [-0.39, 0.29) is 22.3 Å². The van der Waals surface area contributed by atoms with Gasteiger partial charge in [0.15, 0.2) is 5.60 Å². The molecule has 1 amide bonds. The summed E-state index contributed by atoms with van der Waals surface area (Å²) in [7, 11) is 0. The maximum absolute atomic E-state index is 13.4. The summed E-state index contributed by atoms with van der Waals surface area (Å²) in [5, 5.41) is 13.1. The predicted molar refractivity (Wildman–Crippen MR) is 95.5 cm³/mol. The number of aromatic carboxylic acids is 1. The van der Waals surface area contributed by atoms with E-state index in [1.165, 1.54) is 11.3 Å². The summed E-state index contributed by atoms with van der Waals surface area (Å²) in [6, 6.07) is 0. The summed E-state index contributed by atoms with van der Waals surface area (Å²) in [6.45, 7) is 5.97. The lowest BCUT2D eigenvalue weighted by Gasteiger charge is -2.39. The molecule has 1 aromatic heterocycles. The Hall–Kier alpha value is -1.44. The lowest BCUT2D eigenvalue weighted by Crippen LogP contribution is -2.52. The maximum atomic E-state index is 13.4. The Kier molecular flexibility index (Phi) is 3.27. The predicted octanol–water partition coefficient (Wildman–Crippen LogP) is 3.05. The van der Waals surface area contributed by atoms with Crippen molar-refractivity contribution in [2.24, 2.45) is 16.7 Å². The van der Waals surface area contributed by atoms with Crippen molar-refractivity contribution >= 4 is 28.2 Å². The molecule has 140 valence electrons. The van der Waals surface area contributed by atoms with Crippen molar-refractivity contribution in [3.63, 3.8) is 0 Å². The van der Waals surface area contributed by atoms with Crippen LogP contribution >= 0.6 is 11.3 Å². The highest BCUT2D eigenvalue weighted by atomic mass is 32.1. The third-order valence-corrected chi connectivity index (χ3v) is 8.95. The van der Waals surface area contributed by atoms with E-state index in [2.05, 4.69) is 19.2 Å². The molecule has 1 aromatic rings. The molecule has 5 rings (SSSR count). The zero-order valence-electron chi connectivity index (χ0n) is 15.0. The van der Waals surface area contributed by atoms with Crippen LogP contribution in [-0.4, -0.2) is 35.8 Å². The fourth-order valence-electron chi connectivity index (χ4n) is 6.01. The Bertz CT molecular complexity index is 834. The quantitative estimate of drug-likeness (QED) is 0.846. The molecule has 2 N–H and O–H groups in total. The largest absolute Gasteiger partial charge is 0.478 e. The topological polar surface area (TPSA) is 84.9 Å². The zero-order chi connectivity index (χ0) is 18.3. The van der Waals surface area contributed by atoms with Gasteiger partial charge in [0.25, 0.3) is 5.91 Å². The molecule has 0 spiro atoms. The molecule has 4 aliphatic rings. The van der Waals surface area contributed by atoms with Crippen molar-refractivity contribution in [1.29, 1.82) is 0 Å². The molecule has 2 aliphatic carbocycles. The highest BCUT2D eigenvalue weighted by Crippen LogP contribution is 2.75. The van der Waals surface area contributed by atoms with Gasteiger partial charge in [-0.1, -0.05) is 13.8 Å². The number of rotatable bonds is 3. The summed E-state index contributed by atoms with van der Waals surface area (Å²) in [4.78, 5) is 26.1. The molecule has 4 bridgehead atoms. The van der Waals surface area contributed by atoms with Crippen LogP contribution in [0.1, 0.15) is 53.9 Å². The standard InChI is InChI=1S/C19H23NO5S/c1-17-9-25-19(7-10(17)3-5-18(17,19)2)16(23)20-14-13(15(21)22)11-4-6-24-8-12(11)26-14/h10H,3-9H2,1-2H3,(H,20,23)(H,21,22)/t10-,17+,18-,19+/m1/s1. The number of ether oxygens (including phenoxy) is 2. The van der Waals surface area contributed by atoms with E-state index in [9.17, 15) is 14.7 Å². The van der Waals surface area contributed by atoms with Crippen molar-refractivity contribution in [2.75, 3.05) is 18.5 Å². The van der Waals surface area contributed by atoms with Gasteiger partial charge in [-0.2, -0.15) is 0 Å². The van der Waals surface area contributed by atoms with Gasteiger partial charge in [-0.25, -0.2) is 4.79 Å². The van der Waals surface area contributed by atoms with Crippen LogP contribution in [0.4, 0.5) is 5.00 Å². The number of fused-ring (bicyclic) bond motifs is 1. The molecule has 6 nitrogen and oxygen atoms in total. The van der Waals surface area contributed by atoms with Gasteiger partial charge in [0.05, 0.1) is 25.4 Å². The summed E-state index contributed by atoms with van der Waals surface area (Å²) >= 11 is 1.32. The fourth-order valence-corrected chi connectivity index (χ4v) is 7.18. The molecule has 7 heteroatoms. The van der Waals surface area contributed by atoms with Gasteiger partial charge in [-0.15, -0.1) is 11.3 Å². The summed E-state index contributed by atoms with van der Waals surface area (Å²) in [5.74, 6) is -0.655. The van der Waals surface area contributed by atoms with Crippen molar-refractivity contribution in [1.82, 2.24) is 0 Å². The minimum Gasteiger partial charge on any atom is -0.478 e. The lowest BCUT2D eigenvalue weighted by atomic mass is 9.66. The number of nitrogens with one attached hydrogen (secondary N) is 1. The van der Waals surface area contributed by atoms with Crippen molar-refractivity contribution in [3.05, 3.63) is 16.0 Å². The van der Waals surface area contributed by atoms with Crippen molar-refractivity contribution in [2.45, 2.75) is 51.7 Å². The molecular weight excluding hydrogens is 354 g/mol. The van der Waals surface area contributed by atoms with Gasteiger partial charge in [0, 0.05) is 15.7 Å². The monoisotopic (exact) mass is 377 g/mol. The van der Waals surface area contributed by atoms with Gasteiger partial charge < -0.3 is 19.9 Å². The molecule has 0 unspecified atom stereocenters. The molecule has 3 heterocycles. The van der Waals surface area contributed by atoms with Gasteiger partial charge in [0.2, 0.25) is 0 Å². The minimum atomic E-state index is -0.992. The second kappa shape index (κ2) is 5.09. The Balaban J connectivity index is 1.51. The second-order valence-electron chi connectivity index (χ2n) is 8.57. The third-order valence-electron chi connectivity index (χ3n) is 7.83. The van der Waals surface area contributed by atoms with Crippen LogP contribution in [-0.2, 0) is 27.3 Å². The first kappa shape index (κ1) is 16.7. The first-order valence-electron chi connectivity index (χ1n) is 9.23. The molecule has 26 heavy (non-hydrogen) atoms. The van der Waals surface area contributed by atoms with E-state index in [1.54, 1.807) is 0 Å². The van der Waals surface area contributed by atoms with Crippen LogP contribution in [0, 0.1) is 16.7 Å². The summed E-state index contributed by atoms with van der Waals surface area (Å²) in [5.41, 5.74) is 0.0622. The number of carboxylic acid groups (broad SMARTS) is 1. The van der Waals surface area contributed by atoms with E-state index < -0.39 is 11.6 Å². The van der Waals surface area contributed by atoms with Gasteiger partial charge in [0.1, 0.15) is 5.00 Å². The number of hydrogen-bond acceptors (Lipinski definition) is 5. The lowest BCUT2D eigenvalue weighted by molar-refractivity contribution is -0.149. The number of carbonyl (C=O) groups is 2. The molecule has 2 saturated carbocycles. The highest BCUT2D eigenvalue weighted by molar-refractivity contribution is 7.17. The average Bonchev–Trinajstić information content (AvgIpc) is 3.22. The molecule has 3 fully saturated rings. The second-order valence-corrected chi connectivity index (χ2v) is 9.68. The zero-order valence-corrected chi connectivity index (χ0v) is 15.8. The van der Waals surface area contributed by atoms with Crippen LogP contribution in [0.15, 0.2) is 0 Å². The van der Waals surface area contributed by atoms with Crippen molar-refractivity contribution < 1.29 is 24.2 Å². The summed E-state index contributed by atoms with van der Waals surface area (Å²) < 4.78 is 11.6. The minimum absolute atomic E-state index is 0.0441. The number of thiophene rings is 1. The number of amides is 1. The number of carboxylic acids is 1. The molecule has 0 radical (unpaired) electrons. The fraction of sp³-hybridized carbons (Fsp3) is 0.684. The normalized spacial score (nSPS) is 39.8. The average molecular weight is 377 g/mol. The highest BCUT2D eigenvalue weighted by Gasteiger charge is 2.78. The van der Waals surface area contributed by atoms with Crippen LogP contribution in [0.2, 0.25) is 0 Å². The number of carbonyl (C=O) groups excluding carboxylic acids is 1. The third kappa shape index (κ3) is 1.74. The Morgan fingerprint density at radius 1 is 1.35 bits per heavy atom. The van der Waals surface area contributed by atoms with E-state index in [1.807, 2.05) is 0 Å². The van der Waals surface area contributed by atoms with E-state index in [4.69, 9.17) is 9.47 Å². The van der Waals surface area contributed by atoms with Crippen molar-refractivity contribution in [3.8, 4) is 0 Å². The smallest absolute Gasteiger partial charge is 0.339 e. The first-order valence-corrected chi connectivity index (χ1v) is 10.0. The Morgan fingerprint density at radius 3 is 2.85 bits per heavy atom.